The molecule has 1 aromatic rings. The minimum Gasteiger partial charge on any atom is -0.481 e. The summed E-state index contributed by atoms with van der Waals surface area (Å²) in [5.74, 6) is -0.916. The molecule has 1 aromatic heterocycles. The molecule has 2 N–H and O–H groups in total. The van der Waals surface area contributed by atoms with Crippen molar-refractivity contribution in [1.82, 2.24) is 14.7 Å². The van der Waals surface area contributed by atoms with E-state index in [1.807, 2.05) is 0 Å². The van der Waals surface area contributed by atoms with Crippen LogP contribution in [0, 0.1) is 0 Å². The van der Waals surface area contributed by atoms with Gasteiger partial charge in [-0.25, -0.2) is 4.79 Å². The summed E-state index contributed by atoms with van der Waals surface area (Å²) in [6.45, 7) is 5.95. The van der Waals surface area contributed by atoms with Crippen LogP contribution >= 0.6 is 0 Å². The van der Waals surface area contributed by atoms with Crippen molar-refractivity contribution in [2.45, 2.75) is 38.3 Å². The lowest BCUT2D eigenvalue weighted by Crippen LogP contribution is -2.68. The molecule has 0 bridgehead atoms. The topological polar surface area (TPSA) is 96.7 Å². The number of aliphatic carboxylic acids is 1. The maximum atomic E-state index is 12.0. The second-order valence-electron chi connectivity index (χ2n) is 6.71. The SMILES string of the molecule is Cn1cc(NC2(CC(=O)O)CN(C(=O)OC(C)(C)C)C2)cn1. The van der Waals surface area contributed by atoms with Crippen molar-refractivity contribution in [2.24, 2.45) is 7.05 Å². The van der Waals surface area contributed by atoms with Gasteiger partial charge >= 0.3 is 12.1 Å². The number of ether oxygens (including phenoxy) is 1. The zero-order valence-corrected chi connectivity index (χ0v) is 13.3. The van der Waals surface area contributed by atoms with Gasteiger partial charge in [-0.2, -0.15) is 5.10 Å². The summed E-state index contributed by atoms with van der Waals surface area (Å²) in [4.78, 5) is 24.6. The van der Waals surface area contributed by atoms with Crippen molar-refractivity contribution in [1.29, 1.82) is 0 Å². The van der Waals surface area contributed by atoms with Gasteiger partial charge in [0.05, 0.1) is 23.8 Å². The number of rotatable bonds is 4. The number of aromatic nitrogens is 2. The van der Waals surface area contributed by atoms with E-state index in [0.717, 1.165) is 5.69 Å². The molecule has 0 saturated carbocycles. The molecule has 0 spiro atoms. The van der Waals surface area contributed by atoms with E-state index in [-0.39, 0.29) is 19.5 Å². The van der Waals surface area contributed by atoms with Gasteiger partial charge in [-0.15, -0.1) is 0 Å². The zero-order valence-electron chi connectivity index (χ0n) is 13.3. The number of anilines is 1. The fraction of sp³-hybridized carbons (Fsp3) is 0.643. The molecule has 1 saturated heterocycles. The van der Waals surface area contributed by atoms with Crippen LogP contribution < -0.4 is 5.32 Å². The molecule has 22 heavy (non-hydrogen) atoms. The Morgan fingerprint density at radius 3 is 2.55 bits per heavy atom. The molecule has 0 unspecified atom stereocenters. The van der Waals surface area contributed by atoms with E-state index in [9.17, 15) is 9.59 Å². The number of hydrogen-bond acceptors (Lipinski definition) is 5. The average molecular weight is 310 g/mol. The van der Waals surface area contributed by atoms with E-state index >= 15 is 0 Å². The minimum atomic E-state index is -0.916. The number of likely N-dealkylation sites (tertiary alicyclic amines) is 1. The van der Waals surface area contributed by atoms with Gasteiger partial charge in [-0.05, 0) is 20.8 Å². The van der Waals surface area contributed by atoms with Crippen molar-refractivity contribution in [3.8, 4) is 0 Å². The van der Waals surface area contributed by atoms with E-state index in [2.05, 4.69) is 10.4 Å². The lowest BCUT2D eigenvalue weighted by Gasteiger charge is -2.49. The van der Waals surface area contributed by atoms with Gasteiger partial charge in [0, 0.05) is 26.3 Å². The zero-order chi connectivity index (χ0) is 16.5. The Labute approximate surface area is 129 Å². The predicted octanol–water partition coefficient (Wildman–Crippen LogP) is 1.30. The Morgan fingerprint density at radius 1 is 1.45 bits per heavy atom. The maximum Gasteiger partial charge on any atom is 0.410 e. The number of carboxylic acid groups (broad SMARTS) is 1. The van der Waals surface area contributed by atoms with Gasteiger partial charge in [0.2, 0.25) is 0 Å². The largest absolute Gasteiger partial charge is 0.481 e. The van der Waals surface area contributed by atoms with Gasteiger partial charge in [0.15, 0.2) is 0 Å². The number of carboxylic acids is 1. The van der Waals surface area contributed by atoms with Crippen molar-refractivity contribution in [2.75, 3.05) is 18.4 Å². The molecule has 1 aliphatic rings. The molecule has 2 rings (SSSR count). The van der Waals surface area contributed by atoms with Gasteiger partial charge < -0.3 is 20.1 Å². The molecule has 0 aliphatic carbocycles. The number of carbonyl (C=O) groups excluding carboxylic acids is 1. The number of hydrogen-bond donors (Lipinski definition) is 2. The summed E-state index contributed by atoms with van der Waals surface area (Å²) in [5, 5.41) is 16.3. The predicted molar refractivity (Wildman–Crippen MR) is 79.6 cm³/mol. The molecule has 8 nitrogen and oxygen atoms in total. The third-order valence-electron chi connectivity index (χ3n) is 3.24. The lowest BCUT2D eigenvalue weighted by atomic mass is 9.86. The number of nitrogens with one attached hydrogen (secondary N) is 1. The standard InChI is InChI=1S/C14H22N4O4/c1-13(2,3)22-12(21)18-8-14(9-18,5-11(19)20)16-10-6-15-17(4)7-10/h6-7,16H,5,8-9H2,1-4H3,(H,19,20). The molecular formula is C14H22N4O4. The van der Waals surface area contributed by atoms with Gasteiger partial charge in [0.25, 0.3) is 0 Å². The van der Waals surface area contributed by atoms with Crippen LogP contribution in [0.5, 0.6) is 0 Å². The fourth-order valence-corrected chi connectivity index (χ4v) is 2.46. The monoisotopic (exact) mass is 310 g/mol. The van der Waals surface area contributed by atoms with Gasteiger partial charge in [-0.3, -0.25) is 9.48 Å². The highest BCUT2D eigenvalue weighted by atomic mass is 16.6. The molecule has 1 amide bonds. The number of aryl methyl sites for hydroxylation is 1. The Balaban J connectivity index is 2.02. The van der Waals surface area contributed by atoms with Crippen LogP contribution in [-0.4, -0.2) is 56.1 Å². The summed E-state index contributed by atoms with van der Waals surface area (Å²) < 4.78 is 6.92. The van der Waals surface area contributed by atoms with Crippen molar-refractivity contribution in [3.05, 3.63) is 12.4 Å². The Hall–Kier alpha value is -2.25. The average Bonchev–Trinajstić information content (AvgIpc) is 2.67. The Morgan fingerprint density at radius 2 is 2.09 bits per heavy atom. The van der Waals surface area contributed by atoms with Crippen molar-refractivity contribution >= 4 is 17.7 Å². The van der Waals surface area contributed by atoms with Crippen LogP contribution in [0.25, 0.3) is 0 Å². The summed E-state index contributed by atoms with van der Waals surface area (Å²) in [7, 11) is 1.78. The van der Waals surface area contributed by atoms with Crippen LogP contribution in [0.15, 0.2) is 12.4 Å². The van der Waals surface area contributed by atoms with E-state index < -0.39 is 23.2 Å². The fourth-order valence-electron chi connectivity index (χ4n) is 2.46. The van der Waals surface area contributed by atoms with Gasteiger partial charge in [0.1, 0.15) is 5.60 Å². The Bertz CT molecular complexity index is 570. The molecular weight excluding hydrogens is 288 g/mol. The van der Waals surface area contributed by atoms with Crippen LogP contribution in [0.4, 0.5) is 10.5 Å². The van der Waals surface area contributed by atoms with Gasteiger partial charge in [-0.1, -0.05) is 0 Å². The first-order chi connectivity index (χ1) is 10.1. The molecule has 2 heterocycles. The summed E-state index contributed by atoms with van der Waals surface area (Å²) in [5.41, 5.74) is -0.530. The molecule has 8 heteroatoms. The van der Waals surface area contributed by atoms with Crippen LogP contribution in [0.3, 0.4) is 0 Å². The highest BCUT2D eigenvalue weighted by molar-refractivity contribution is 5.74. The number of amides is 1. The second-order valence-corrected chi connectivity index (χ2v) is 6.71. The normalized spacial score (nSPS) is 16.8. The Kier molecular flexibility index (Phi) is 4.04. The van der Waals surface area contributed by atoms with E-state index in [4.69, 9.17) is 9.84 Å². The first-order valence-corrected chi connectivity index (χ1v) is 7.05. The molecule has 0 radical (unpaired) electrons. The van der Waals surface area contributed by atoms with E-state index in [0.29, 0.717) is 0 Å². The molecule has 1 aliphatic heterocycles. The minimum absolute atomic E-state index is 0.0822. The van der Waals surface area contributed by atoms with Crippen LogP contribution in [0.1, 0.15) is 27.2 Å². The van der Waals surface area contributed by atoms with Crippen molar-refractivity contribution < 1.29 is 19.4 Å². The number of nitrogens with zero attached hydrogens (tertiary/aromatic N) is 3. The quantitative estimate of drug-likeness (QED) is 0.870. The highest BCUT2D eigenvalue weighted by Gasteiger charge is 2.48. The third-order valence-corrected chi connectivity index (χ3v) is 3.24. The van der Waals surface area contributed by atoms with Crippen LogP contribution in [0.2, 0.25) is 0 Å². The molecule has 0 aromatic carbocycles. The molecule has 1 fully saturated rings. The summed E-state index contributed by atoms with van der Waals surface area (Å²) in [6, 6.07) is 0. The smallest absolute Gasteiger partial charge is 0.410 e. The molecule has 122 valence electrons. The van der Waals surface area contributed by atoms with E-state index in [1.54, 1.807) is 44.9 Å². The highest BCUT2D eigenvalue weighted by Crippen LogP contribution is 2.30. The van der Waals surface area contributed by atoms with E-state index in [1.165, 1.54) is 4.90 Å². The number of carbonyl (C=O) groups is 2. The third kappa shape index (κ3) is 3.90. The lowest BCUT2D eigenvalue weighted by molar-refractivity contribution is -0.139. The first-order valence-electron chi connectivity index (χ1n) is 7.05. The summed E-state index contributed by atoms with van der Waals surface area (Å²) in [6.07, 6.45) is 2.88. The maximum absolute atomic E-state index is 12.0. The summed E-state index contributed by atoms with van der Waals surface area (Å²) >= 11 is 0. The first kappa shape index (κ1) is 16.1. The van der Waals surface area contributed by atoms with Crippen molar-refractivity contribution in [3.63, 3.8) is 0 Å². The molecule has 0 atom stereocenters. The van der Waals surface area contributed by atoms with Crippen LogP contribution in [-0.2, 0) is 16.6 Å². The second kappa shape index (κ2) is 5.51.